The molecule has 0 atom stereocenters. The second kappa shape index (κ2) is 10.4. The molecule has 4 nitrogen and oxygen atoms in total. The van der Waals surface area contributed by atoms with Crippen LogP contribution in [-0.2, 0) is 0 Å². The van der Waals surface area contributed by atoms with E-state index < -0.39 is 0 Å². The van der Waals surface area contributed by atoms with Gasteiger partial charge in [0, 0.05) is 39.0 Å². The van der Waals surface area contributed by atoms with E-state index >= 15 is 0 Å². The maximum absolute atomic E-state index is 6.68. The van der Waals surface area contributed by atoms with E-state index in [9.17, 15) is 0 Å². The van der Waals surface area contributed by atoms with Crippen molar-refractivity contribution >= 4 is 76.2 Å². The molecule has 232 valence electrons. The molecule has 0 saturated heterocycles. The summed E-state index contributed by atoms with van der Waals surface area (Å²) in [6, 6.07) is 57.9. The quantitative estimate of drug-likeness (QED) is 0.181. The van der Waals surface area contributed by atoms with Gasteiger partial charge in [0.2, 0.25) is 5.71 Å². The van der Waals surface area contributed by atoms with Crippen LogP contribution in [0.3, 0.4) is 0 Å². The van der Waals surface area contributed by atoms with Gasteiger partial charge in [0.25, 0.3) is 0 Å². The third-order valence-electron chi connectivity index (χ3n) is 10.2. The second-order valence-corrected chi connectivity index (χ2v) is 12.9. The molecular formula is C46H27N3O. The summed E-state index contributed by atoms with van der Waals surface area (Å²) < 4.78 is 9.06. The lowest BCUT2D eigenvalue weighted by Crippen LogP contribution is -1.94. The minimum Gasteiger partial charge on any atom is -0.437 e. The first kappa shape index (κ1) is 27.2. The lowest BCUT2D eigenvalue weighted by molar-refractivity contribution is 0.654. The molecule has 0 aliphatic rings. The van der Waals surface area contributed by atoms with Crippen molar-refractivity contribution in [2.45, 2.75) is 0 Å². The summed E-state index contributed by atoms with van der Waals surface area (Å²) >= 11 is 0. The molecule has 0 aliphatic carbocycles. The highest BCUT2D eigenvalue weighted by atomic mass is 16.3. The van der Waals surface area contributed by atoms with Gasteiger partial charge in [-0.3, -0.25) is 0 Å². The van der Waals surface area contributed by atoms with Crippen LogP contribution in [0.5, 0.6) is 0 Å². The van der Waals surface area contributed by atoms with E-state index in [-0.39, 0.29) is 0 Å². The van der Waals surface area contributed by atoms with Gasteiger partial charge in [-0.05, 0) is 56.6 Å². The first-order valence-electron chi connectivity index (χ1n) is 16.9. The average Bonchev–Trinajstić information content (AvgIpc) is 3.72. The van der Waals surface area contributed by atoms with Gasteiger partial charge in [-0.2, -0.15) is 4.98 Å². The van der Waals surface area contributed by atoms with Crippen LogP contribution < -0.4 is 0 Å². The molecule has 0 spiro atoms. The number of hydrogen-bond donors (Lipinski definition) is 0. The highest BCUT2D eigenvalue weighted by Crippen LogP contribution is 2.42. The minimum absolute atomic E-state index is 0.584. The fraction of sp³-hybridized carbons (Fsp3) is 0. The Bertz CT molecular complexity index is 3100. The van der Waals surface area contributed by atoms with Gasteiger partial charge in [-0.1, -0.05) is 133 Å². The molecule has 0 fully saturated rings. The van der Waals surface area contributed by atoms with Crippen molar-refractivity contribution in [3.05, 3.63) is 164 Å². The molecule has 4 heteroatoms. The molecule has 11 aromatic rings. The van der Waals surface area contributed by atoms with Gasteiger partial charge in [0.1, 0.15) is 5.58 Å². The van der Waals surface area contributed by atoms with Gasteiger partial charge < -0.3 is 8.98 Å². The summed E-state index contributed by atoms with van der Waals surface area (Å²) in [6.45, 7) is 0. The fourth-order valence-electron chi connectivity index (χ4n) is 7.97. The number of furan rings is 1. The molecule has 0 saturated carbocycles. The predicted octanol–water partition coefficient (Wildman–Crippen LogP) is 12.3. The van der Waals surface area contributed by atoms with E-state index in [4.69, 9.17) is 14.4 Å². The van der Waals surface area contributed by atoms with Crippen molar-refractivity contribution < 1.29 is 4.42 Å². The highest BCUT2D eigenvalue weighted by Gasteiger charge is 2.21. The standard InChI is InChI=1S/C46H27N3O/c1-3-13-28(14-4-1)44-43-39-26-38-36-21-11-12-22-40(36)49(41(38)27-42(39)50-46(43)48-45(47-44)29-15-5-2-6-16-29)30-23-24-35-33-19-8-7-17-31(33)32-18-9-10-20-34(32)37(35)25-30/h1-27H. The largest absolute Gasteiger partial charge is 0.437 e. The Morgan fingerprint density at radius 1 is 0.400 bits per heavy atom. The lowest BCUT2D eigenvalue weighted by atomic mass is 9.94. The molecule has 8 aromatic carbocycles. The fourth-order valence-corrected chi connectivity index (χ4v) is 7.97. The first-order valence-corrected chi connectivity index (χ1v) is 16.9. The molecule has 3 aromatic heterocycles. The maximum atomic E-state index is 6.68. The number of para-hydroxylation sites is 1. The topological polar surface area (TPSA) is 43.9 Å². The van der Waals surface area contributed by atoms with Crippen molar-refractivity contribution in [1.82, 2.24) is 14.5 Å². The first-order chi connectivity index (χ1) is 24.8. The third-order valence-corrected chi connectivity index (χ3v) is 10.2. The molecule has 11 rings (SSSR count). The zero-order valence-electron chi connectivity index (χ0n) is 26.8. The van der Waals surface area contributed by atoms with Crippen molar-refractivity contribution in [2.24, 2.45) is 0 Å². The normalized spacial score (nSPS) is 12.0. The van der Waals surface area contributed by atoms with Crippen LogP contribution in [0.15, 0.2) is 168 Å². The Kier molecular flexibility index (Phi) is 5.63. The zero-order chi connectivity index (χ0) is 32.8. The van der Waals surface area contributed by atoms with Gasteiger partial charge >= 0.3 is 0 Å². The summed E-state index contributed by atoms with van der Waals surface area (Å²) in [5.74, 6) is 0.645. The second-order valence-electron chi connectivity index (χ2n) is 12.9. The van der Waals surface area contributed by atoms with E-state index in [1.165, 1.54) is 37.7 Å². The molecule has 0 unspecified atom stereocenters. The van der Waals surface area contributed by atoms with Crippen LogP contribution in [0, 0.1) is 0 Å². The van der Waals surface area contributed by atoms with Crippen molar-refractivity contribution in [3.63, 3.8) is 0 Å². The van der Waals surface area contributed by atoms with E-state index in [0.717, 1.165) is 55.3 Å². The van der Waals surface area contributed by atoms with Crippen LogP contribution in [0.1, 0.15) is 0 Å². The number of aromatic nitrogens is 3. The van der Waals surface area contributed by atoms with Crippen LogP contribution >= 0.6 is 0 Å². The van der Waals surface area contributed by atoms with Crippen LogP contribution in [0.4, 0.5) is 0 Å². The third kappa shape index (κ3) is 3.87. The Morgan fingerprint density at radius 2 is 0.980 bits per heavy atom. The lowest BCUT2D eigenvalue weighted by Gasteiger charge is -2.13. The average molecular weight is 638 g/mol. The summed E-state index contributed by atoms with van der Waals surface area (Å²) in [5, 5.41) is 11.8. The van der Waals surface area contributed by atoms with Crippen molar-refractivity contribution in [1.29, 1.82) is 0 Å². The SMILES string of the molecule is c1ccc(-c2nc(-c3ccccc3)c3c(n2)oc2cc4c(cc23)c2ccccc2n4-c2ccc3c4ccccc4c4ccccc4c3c2)cc1. The van der Waals surface area contributed by atoms with Crippen LogP contribution in [0.25, 0.3) is 105 Å². The molecule has 3 heterocycles. The van der Waals surface area contributed by atoms with Gasteiger partial charge in [0.15, 0.2) is 5.82 Å². The summed E-state index contributed by atoms with van der Waals surface area (Å²) in [6.07, 6.45) is 0. The molecule has 0 radical (unpaired) electrons. The Balaban J connectivity index is 1.22. The highest BCUT2D eigenvalue weighted by molar-refractivity contribution is 6.26. The Labute approximate surface area is 286 Å². The van der Waals surface area contributed by atoms with Crippen molar-refractivity contribution in [3.8, 4) is 28.3 Å². The monoisotopic (exact) mass is 637 g/mol. The van der Waals surface area contributed by atoms with E-state index in [0.29, 0.717) is 11.5 Å². The number of hydrogen-bond acceptors (Lipinski definition) is 3. The zero-order valence-corrected chi connectivity index (χ0v) is 26.8. The van der Waals surface area contributed by atoms with Crippen LogP contribution in [0.2, 0.25) is 0 Å². The molecule has 50 heavy (non-hydrogen) atoms. The number of rotatable bonds is 3. The molecular weight excluding hydrogens is 611 g/mol. The van der Waals surface area contributed by atoms with E-state index in [1.54, 1.807) is 0 Å². The van der Waals surface area contributed by atoms with Gasteiger partial charge in [0.05, 0.1) is 22.1 Å². The van der Waals surface area contributed by atoms with Crippen molar-refractivity contribution in [2.75, 3.05) is 0 Å². The molecule has 0 aliphatic heterocycles. The van der Waals surface area contributed by atoms with E-state index in [2.05, 4.69) is 132 Å². The Morgan fingerprint density at radius 3 is 1.68 bits per heavy atom. The number of nitrogens with zero attached hydrogens (tertiary/aromatic N) is 3. The van der Waals surface area contributed by atoms with E-state index in [1.807, 2.05) is 36.4 Å². The number of benzene rings is 8. The summed E-state index contributed by atoms with van der Waals surface area (Å²) in [7, 11) is 0. The van der Waals surface area contributed by atoms with Gasteiger partial charge in [-0.25, -0.2) is 4.98 Å². The van der Waals surface area contributed by atoms with Crippen LogP contribution in [-0.4, -0.2) is 14.5 Å². The number of fused-ring (bicyclic) bond motifs is 12. The Hall–Kier alpha value is -6.78. The maximum Gasteiger partial charge on any atom is 0.231 e. The smallest absolute Gasteiger partial charge is 0.231 e. The predicted molar refractivity (Wildman–Crippen MR) is 207 cm³/mol. The minimum atomic E-state index is 0.584. The summed E-state index contributed by atoms with van der Waals surface area (Å²) in [4.78, 5) is 10.1. The molecule has 0 amide bonds. The molecule has 0 N–H and O–H groups in total. The van der Waals surface area contributed by atoms with Gasteiger partial charge in [-0.15, -0.1) is 0 Å². The summed E-state index contributed by atoms with van der Waals surface area (Å²) in [5.41, 5.74) is 7.55. The molecule has 0 bridgehead atoms.